The molecule has 9 aromatic rings. The predicted molar refractivity (Wildman–Crippen MR) is 389 cm³/mol. The van der Waals surface area contributed by atoms with Crippen LogP contribution in [0.1, 0.15) is 127 Å². The number of phosphoric ester groups is 1. The van der Waals surface area contributed by atoms with E-state index in [1.807, 2.05) is 137 Å². The lowest BCUT2D eigenvalue weighted by Crippen LogP contribution is -2.38. The quantitative estimate of drug-likeness (QED) is 0.0167. The molecular weight excluding hydrogens is 1380 g/mol. The zero-order valence-electron chi connectivity index (χ0n) is 59.1. The van der Waals surface area contributed by atoms with Crippen LogP contribution in [0.25, 0.3) is 22.3 Å². The number of aryl methyl sites for hydroxylation is 2. The largest absolute Gasteiger partial charge is 0.497 e. The Hall–Kier alpha value is -9.63. The van der Waals surface area contributed by atoms with E-state index < -0.39 is 89.2 Å². The molecule has 12 rings (SSSR count). The fourth-order valence-corrected chi connectivity index (χ4v) is 16.6. The van der Waals surface area contributed by atoms with E-state index in [4.69, 9.17) is 51.0 Å². The number of phosphoric acid groups is 1. The number of hydrogen-bond acceptors (Lipinski definition) is 22. The first-order chi connectivity index (χ1) is 50.9. The van der Waals surface area contributed by atoms with Gasteiger partial charge in [-0.3, -0.25) is 42.1 Å². The maximum Gasteiger partial charge on any atom is 0.475 e. The number of anilines is 1. The third-order valence-electron chi connectivity index (χ3n) is 18.6. The minimum absolute atomic E-state index is 0.0459. The van der Waals surface area contributed by atoms with E-state index in [0.29, 0.717) is 40.2 Å². The number of rotatable bonds is 33. The molecule has 2 N–H and O–H groups in total. The number of H-pyrrole nitrogens is 1. The summed E-state index contributed by atoms with van der Waals surface area (Å²) in [5.74, 6) is 0.437. The molecule has 3 aromatic heterocycles. The van der Waals surface area contributed by atoms with Gasteiger partial charge in [0.25, 0.3) is 20.0 Å². The number of methoxy groups -OCH3 is 2. The van der Waals surface area contributed by atoms with Gasteiger partial charge in [-0.15, -0.1) is 0 Å². The van der Waals surface area contributed by atoms with Gasteiger partial charge in [0.1, 0.15) is 60.8 Å². The summed E-state index contributed by atoms with van der Waals surface area (Å²) >= 11 is 0. The monoisotopic (exact) mass is 1460 g/mol. The van der Waals surface area contributed by atoms with Crippen LogP contribution in [-0.4, -0.2) is 129 Å². The normalized spacial score (nSPS) is 18.7. The van der Waals surface area contributed by atoms with Crippen molar-refractivity contribution < 1.29 is 65.2 Å². The molecule has 2 aliphatic heterocycles. The summed E-state index contributed by atoms with van der Waals surface area (Å²) in [4.78, 5) is 69.7. The highest BCUT2D eigenvalue weighted by Gasteiger charge is 2.49. The van der Waals surface area contributed by atoms with Gasteiger partial charge in [-0.1, -0.05) is 115 Å². The Morgan fingerprint density at radius 3 is 1.93 bits per heavy atom. The van der Waals surface area contributed by atoms with Crippen LogP contribution in [0, 0.1) is 29.6 Å². The highest BCUT2D eigenvalue weighted by Crippen LogP contribution is 2.56. The number of nitriles is 2. The number of carbonyl (C=O) groups is 2. The maximum absolute atomic E-state index is 15.8. The summed E-state index contributed by atoms with van der Waals surface area (Å²) in [6, 6.07) is 51.5. The van der Waals surface area contributed by atoms with Crippen molar-refractivity contribution in [1.82, 2.24) is 33.7 Å². The number of fused-ring (bicyclic) bond motifs is 4. The summed E-state index contributed by atoms with van der Waals surface area (Å²) in [6.45, 7) is 8.59. The Morgan fingerprint density at radius 1 is 0.714 bits per heavy atom. The van der Waals surface area contributed by atoms with Gasteiger partial charge in [0.05, 0.1) is 78.1 Å². The fraction of sp³-hybridized carbons (Fsp3) is 0.364. The number of amides is 1. The highest BCUT2D eigenvalue weighted by atomic mass is 31.2. The first-order valence-electron chi connectivity index (χ1n) is 34.6. The maximum atomic E-state index is 15.8. The summed E-state index contributed by atoms with van der Waals surface area (Å²) in [7, 11) is -3.68. The average molecular weight is 1470 g/mol. The number of nitrogens with zero attached hydrogens (tertiary/aromatic N) is 8. The Kier molecular flexibility index (Phi) is 24.4. The molecular formula is C77H82N10O16P2. The molecule has 105 heavy (non-hydrogen) atoms. The van der Waals surface area contributed by atoms with Crippen LogP contribution in [0.2, 0.25) is 0 Å². The molecule has 2 fully saturated rings. The SMILES string of the molecule is COc1ccc(C(OC[C@H]2O[C@@H](n3cc(C)c(=O)[nH]c3=O)CC2OP(=O)(OCCC#N)OC[C@H]2O[C@@H](n3cnc4c(NC(=O)c5ccc(CCC(=O)OCC6c7ccccc7-c7ccccc76)cc5)ncnc43)CC2OP(OCCC#N)N(C(C)C)C(C)C)(c2ccccc2)c2ccc(OC)cc2)cc1. The van der Waals surface area contributed by atoms with E-state index in [1.54, 1.807) is 50.0 Å². The molecule has 1 aliphatic carbocycles. The smallest absolute Gasteiger partial charge is 0.475 e. The summed E-state index contributed by atoms with van der Waals surface area (Å²) in [5.41, 5.74) is 5.77. The fourth-order valence-electron chi connectivity index (χ4n) is 13.5. The molecule has 0 radical (unpaired) electrons. The van der Waals surface area contributed by atoms with Gasteiger partial charge in [-0.25, -0.2) is 29.0 Å². The van der Waals surface area contributed by atoms with E-state index in [1.165, 1.54) is 23.4 Å². The van der Waals surface area contributed by atoms with Gasteiger partial charge in [-0.05, 0) is 122 Å². The first kappa shape index (κ1) is 75.1. The number of aromatic amines is 1. The Balaban J connectivity index is 0.797. The van der Waals surface area contributed by atoms with Crippen LogP contribution in [-0.2, 0) is 62.9 Å². The lowest BCUT2D eigenvalue weighted by molar-refractivity contribution is -0.143. The van der Waals surface area contributed by atoms with Crippen molar-refractivity contribution in [3.8, 4) is 34.8 Å². The minimum Gasteiger partial charge on any atom is -0.497 e. The molecule has 0 spiro atoms. The third-order valence-corrected chi connectivity index (χ3v) is 22.2. The lowest BCUT2D eigenvalue weighted by Gasteiger charge is -2.37. The number of nitrogens with one attached hydrogen (secondary N) is 2. The molecule has 8 atom stereocenters. The lowest BCUT2D eigenvalue weighted by atomic mass is 9.80. The molecule has 28 heteroatoms. The number of aromatic nitrogens is 6. The van der Waals surface area contributed by atoms with E-state index in [9.17, 15) is 29.7 Å². The van der Waals surface area contributed by atoms with Gasteiger partial charge < -0.3 is 42.8 Å². The highest BCUT2D eigenvalue weighted by molar-refractivity contribution is 7.48. The van der Waals surface area contributed by atoms with Crippen molar-refractivity contribution in [1.29, 1.82) is 10.5 Å². The number of ether oxygens (including phenoxy) is 6. The third kappa shape index (κ3) is 17.0. The van der Waals surface area contributed by atoms with E-state index >= 15 is 4.57 Å². The Bertz CT molecular complexity index is 4660. The summed E-state index contributed by atoms with van der Waals surface area (Å²) in [5, 5.41) is 22.3. The summed E-state index contributed by atoms with van der Waals surface area (Å²) < 4.78 is 91.1. The van der Waals surface area contributed by atoms with Gasteiger partial charge in [0, 0.05) is 54.6 Å². The van der Waals surface area contributed by atoms with Crippen LogP contribution < -0.4 is 26.0 Å². The molecule has 0 saturated carbocycles. The summed E-state index contributed by atoms with van der Waals surface area (Å²) in [6.07, 6.45) is -1.98. The van der Waals surface area contributed by atoms with Crippen molar-refractivity contribution in [2.24, 2.45) is 0 Å². The van der Waals surface area contributed by atoms with Crippen LogP contribution in [0.3, 0.4) is 0 Å². The minimum atomic E-state index is -4.89. The topological polar surface area (TPSA) is 314 Å². The van der Waals surface area contributed by atoms with Gasteiger partial charge >= 0.3 is 19.5 Å². The second kappa shape index (κ2) is 34.1. The van der Waals surface area contributed by atoms with Gasteiger partial charge in [0.2, 0.25) is 0 Å². The first-order valence-corrected chi connectivity index (χ1v) is 37.2. The van der Waals surface area contributed by atoms with Gasteiger partial charge in [-0.2, -0.15) is 10.5 Å². The standard InChI is InChI=1S/C77H82N10O16P2/c1-49(2)87(50(3)4)104(97-39-15-37-78)102-64-41-69(86-48-82-71-72(80-47-81-73(71)86)83-75(90)53-26-23-52(24-27-53)25-36-70(88)95-44-63-61-21-13-11-19-59(61)60-20-12-14-22-62(60)63)101-67(64)46-99-105(92,98-40-16-38-79)103-65-42-68(85-43-51(5)74(89)84-76(85)91)100-66(65)45-96-77(54-17-9-8-10-18-54,55-28-32-57(93-6)33-29-55)56-30-34-58(94-7)35-31-56/h8-14,17-24,26-35,43,47-50,63-69H,15-16,25,36,39-42,44-46H2,1-7H3,(H,84,89,91)(H,80,81,83,90)/t64?,65?,66-,67-,68-,69-,104?,105?/m1/s1. The van der Waals surface area contributed by atoms with Crippen LogP contribution in [0.15, 0.2) is 180 Å². The van der Waals surface area contributed by atoms with Crippen molar-refractivity contribution >= 4 is 45.2 Å². The van der Waals surface area contributed by atoms with E-state index in [0.717, 1.165) is 27.8 Å². The zero-order chi connectivity index (χ0) is 73.8. The van der Waals surface area contributed by atoms with Crippen LogP contribution in [0.4, 0.5) is 5.82 Å². The van der Waals surface area contributed by atoms with Crippen molar-refractivity contribution in [3.63, 3.8) is 0 Å². The molecule has 0 bridgehead atoms. The van der Waals surface area contributed by atoms with Crippen LogP contribution in [0.5, 0.6) is 11.5 Å². The van der Waals surface area contributed by atoms with E-state index in [-0.39, 0.29) is 98.4 Å². The van der Waals surface area contributed by atoms with Crippen molar-refractivity contribution in [2.45, 2.75) is 134 Å². The number of imidazole rings is 1. The Morgan fingerprint density at radius 2 is 1.30 bits per heavy atom. The second-order valence-electron chi connectivity index (χ2n) is 25.9. The number of hydrogen-bond donors (Lipinski definition) is 2. The molecule has 3 aliphatic rings. The number of carbonyl (C=O) groups excluding carboxylic acids is 2. The Labute approximate surface area is 608 Å². The second-order valence-corrected chi connectivity index (χ2v) is 29.0. The van der Waals surface area contributed by atoms with E-state index in [2.05, 4.69) is 60.3 Å². The molecule has 6 aromatic carbocycles. The zero-order valence-corrected chi connectivity index (χ0v) is 60.9. The molecule has 5 heterocycles. The number of esters is 1. The van der Waals surface area contributed by atoms with Gasteiger partial charge in [0.15, 0.2) is 17.0 Å². The predicted octanol–water partition coefficient (Wildman–Crippen LogP) is 12.9. The molecule has 546 valence electrons. The number of benzene rings is 6. The molecule has 2 saturated heterocycles. The molecule has 4 unspecified atom stereocenters. The average Bonchev–Trinajstić information content (AvgIpc) is 0.824. The van der Waals surface area contributed by atoms with Crippen LogP contribution >= 0.6 is 16.3 Å². The molecule has 1 amide bonds. The van der Waals surface area contributed by atoms with Crippen molar-refractivity contribution in [2.75, 3.05) is 52.6 Å². The molecule has 26 nitrogen and oxygen atoms in total. The van der Waals surface area contributed by atoms with Crippen molar-refractivity contribution in [3.05, 3.63) is 236 Å².